The predicted molar refractivity (Wildman–Crippen MR) is 70.5 cm³/mol. The predicted octanol–water partition coefficient (Wildman–Crippen LogP) is 0.910. The van der Waals surface area contributed by atoms with Crippen LogP contribution in [0.5, 0.6) is 5.75 Å². The van der Waals surface area contributed by atoms with Gasteiger partial charge >= 0.3 is 12.1 Å². The molecule has 2 aromatic heterocycles. The smallest absolute Gasteiger partial charge is 0.407 e. The van der Waals surface area contributed by atoms with E-state index in [-0.39, 0.29) is 11.6 Å². The van der Waals surface area contributed by atoms with Gasteiger partial charge in [0.25, 0.3) is 0 Å². The van der Waals surface area contributed by atoms with Crippen molar-refractivity contribution in [1.82, 2.24) is 14.9 Å². The molecule has 3 heterocycles. The summed E-state index contributed by atoms with van der Waals surface area (Å²) in [7, 11) is 0. The lowest BCUT2D eigenvalue weighted by Crippen LogP contribution is -2.27. The maximum absolute atomic E-state index is 11.0. The molecule has 110 valence electrons. The summed E-state index contributed by atoms with van der Waals surface area (Å²) >= 11 is 0. The molecule has 1 atom stereocenters. The first-order valence-electron chi connectivity index (χ1n) is 6.40. The molecule has 2 aromatic rings. The first-order valence-corrected chi connectivity index (χ1v) is 6.40. The number of carboxylic acids is 1. The van der Waals surface area contributed by atoms with E-state index in [2.05, 4.69) is 10.4 Å². The average Bonchev–Trinajstić information content (AvgIpc) is 3.04. The van der Waals surface area contributed by atoms with Gasteiger partial charge in [0.15, 0.2) is 0 Å². The van der Waals surface area contributed by atoms with Crippen LogP contribution in [0.15, 0.2) is 24.5 Å². The molecular weight excluding hydrogens is 278 g/mol. The Labute approximate surface area is 119 Å². The number of amides is 1. The van der Waals surface area contributed by atoms with E-state index in [1.807, 2.05) is 0 Å². The number of fused-ring (bicyclic) bond motifs is 1. The van der Waals surface area contributed by atoms with Crippen LogP contribution in [0.25, 0.3) is 5.52 Å². The van der Waals surface area contributed by atoms with Crippen molar-refractivity contribution in [2.24, 2.45) is 0 Å². The molecule has 1 fully saturated rings. The summed E-state index contributed by atoms with van der Waals surface area (Å²) in [5, 5.41) is 15.6. The topological polar surface area (TPSA) is 102 Å². The monoisotopic (exact) mass is 291 g/mol. The molecule has 0 aromatic carbocycles. The highest BCUT2D eigenvalue weighted by atomic mass is 16.6. The van der Waals surface area contributed by atoms with Gasteiger partial charge in [0.1, 0.15) is 17.9 Å². The number of alkyl carbamates (subject to hydrolysis) is 1. The minimum Gasteiger partial charge on any atom is -0.492 e. The van der Waals surface area contributed by atoms with Gasteiger partial charge in [-0.3, -0.25) is 0 Å². The van der Waals surface area contributed by atoms with Gasteiger partial charge < -0.3 is 19.9 Å². The normalized spacial score (nSPS) is 17.5. The molecule has 0 spiro atoms. The Morgan fingerprint density at radius 3 is 3.14 bits per heavy atom. The van der Waals surface area contributed by atoms with Crippen molar-refractivity contribution in [3.8, 4) is 5.75 Å². The Hall–Kier alpha value is -2.77. The number of carbonyl (C=O) groups is 2. The molecule has 0 radical (unpaired) electrons. The number of carboxylic acid groups (broad SMARTS) is 1. The molecule has 0 bridgehead atoms. The van der Waals surface area contributed by atoms with Gasteiger partial charge in [-0.25, -0.2) is 14.1 Å². The number of aromatic carboxylic acids is 1. The SMILES string of the molecule is O=C1NC(CCOc2ccc3c(C(=O)O)cnn3c2)CO1. The molecule has 2 N–H and O–H groups in total. The fourth-order valence-electron chi connectivity index (χ4n) is 2.12. The molecule has 1 saturated heterocycles. The van der Waals surface area contributed by atoms with Crippen LogP contribution in [0.3, 0.4) is 0 Å². The number of hydrogen-bond donors (Lipinski definition) is 2. The standard InChI is InChI=1S/C13H13N3O5/c17-12(18)10-5-14-16-6-9(1-2-11(10)16)20-4-3-8-7-21-13(19)15-8/h1-2,5-6,8H,3-4,7H2,(H,15,19)(H,17,18). The minimum atomic E-state index is -1.02. The van der Waals surface area contributed by atoms with E-state index in [0.717, 1.165) is 0 Å². The zero-order valence-corrected chi connectivity index (χ0v) is 11.0. The Bertz CT molecular complexity index is 696. The fraction of sp³-hybridized carbons (Fsp3) is 0.308. The number of nitrogens with zero attached hydrogens (tertiary/aromatic N) is 2. The number of ether oxygens (including phenoxy) is 2. The summed E-state index contributed by atoms with van der Waals surface area (Å²) in [4.78, 5) is 21.8. The summed E-state index contributed by atoms with van der Waals surface area (Å²) in [6, 6.07) is 3.30. The number of carbonyl (C=O) groups excluding carboxylic acids is 1. The second kappa shape index (κ2) is 5.31. The first-order chi connectivity index (χ1) is 10.1. The van der Waals surface area contributed by atoms with Gasteiger partial charge in [0.05, 0.1) is 30.6 Å². The number of aromatic nitrogens is 2. The number of hydrogen-bond acceptors (Lipinski definition) is 5. The van der Waals surface area contributed by atoms with Gasteiger partial charge in [0, 0.05) is 6.42 Å². The number of cyclic esters (lactones) is 1. The van der Waals surface area contributed by atoms with Crippen LogP contribution in [-0.4, -0.2) is 46.0 Å². The lowest BCUT2D eigenvalue weighted by Gasteiger charge is -2.09. The van der Waals surface area contributed by atoms with Gasteiger partial charge in [0.2, 0.25) is 0 Å². The molecule has 1 unspecified atom stereocenters. The van der Waals surface area contributed by atoms with Crippen LogP contribution in [0.1, 0.15) is 16.8 Å². The van der Waals surface area contributed by atoms with E-state index < -0.39 is 12.1 Å². The maximum Gasteiger partial charge on any atom is 0.407 e. The van der Waals surface area contributed by atoms with Crippen LogP contribution < -0.4 is 10.1 Å². The van der Waals surface area contributed by atoms with Crippen LogP contribution in [-0.2, 0) is 4.74 Å². The van der Waals surface area contributed by atoms with Crippen molar-refractivity contribution in [3.63, 3.8) is 0 Å². The lowest BCUT2D eigenvalue weighted by molar-refractivity contribution is 0.0699. The van der Waals surface area contributed by atoms with E-state index in [1.165, 1.54) is 10.7 Å². The second-order valence-electron chi connectivity index (χ2n) is 4.63. The molecule has 1 aliphatic rings. The number of rotatable bonds is 5. The summed E-state index contributed by atoms with van der Waals surface area (Å²) in [5.74, 6) is -0.441. The maximum atomic E-state index is 11.0. The van der Waals surface area contributed by atoms with E-state index in [9.17, 15) is 9.59 Å². The van der Waals surface area contributed by atoms with Crippen LogP contribution >= 0.6 is 0 Å². The molecule has 0 saturated carbocycles. The molecule has 21 heavy (non-hydrogen) atoms. The summed E-state index contributed by atoms with van der Waals surface area (Å²) in [6.07, 6.45) is 3.14. The van der Waals surface area contributed by atoms with Gasteiger partial charge in [-0.1, -0.05) is 0 Å². The zero-order chi connectivity index (χ0) is 14.8. The van der Waals surface area contributed by atoms with E-state index in [1.54, 1.807) is 18.3 Å². The Balaban J connectivity index is 1.62. The molecule has 1 amide bonds. The highest BCUT2D eigenvalue weighted by Gasteiger charge is 2.21. The zero-order valence-electron chi connectivity index (χ0n) is 11.0. The van der Waals surface area contributed by atoms with Crippen molar-refractivity contribution >= 4 is 17.6 Å². The van der Waals surface area contributed by atoms with Crippen LogP contribution in [0.2, 0.25) is 0 Å². The van der Waals surface area contributed by atoms with Crippen molar-refractivity contribution in [1.29, 1.82) is 0 Å². The minimum absolute atomic E-state index is 0.0375. The highest BCUT2D eigenvalue weighted by molar-refractivity contribution is 5.95. The molecule has 8 heteroatoms. The molecule has 8 nitrogen and oxygen atoms in total. The number of nitrogens with one attached hydrogen (secondary N) is 1. The molecule has 3 rings (SSSR count). The summed E-state index contributed by atoms with van der Waals surface area (Å²) in [5.41, 5.74) is 0.652. The largest absolute Gasteiger partial charge is 0.492 e. The Morgan fingerprint density at radius 2 is 2.43 bits per heavy atom. The molecule has 0 aliphatic carbocycles. The first kappa shape index (κ1) is 13.2. The van der Waals surface area contributed by atoms with Crippen LogP contribution in [0, 0.1) is 0 Å². The van der Waals surface area contributed by atoms with Gasteiger partial charge in [-0.15, -0.1) is 0 Å². The van der Waals surface area contributed by atoms with Gasteiger partial charge in [-0.05, 0) is 12.1 Å². The third-order valence-electron chi connectivity index (χ3n) is 3.19. The van der Waals surface area contributed by atoms with Crippen LogP contribution in [0.4, 0.5) is 4.79 Å². The highest BCUT2D eigenvalue weighted by Crippen LogP contribution is 2.17. The molecular formula is C13H13N3O5. The summed E-state index contributed by atoms with van der Waals surface area (Å²) < 4.78 is 11.8. The third kappa shape index (κ3) is 2.73. The fourth-order valence-corrected chi connectivity index (χ4v) is 2.12. The summed E-state index contributed by atoms with van der Waals surface area (Å²) in [6.45, 7) is 0.759. The third-order valence-corrected chi connectivity index (χ3v) is 3.19. The Kier molecular flexibility index (Phi) is 3.35. The van der Waals surface area contributed by atoms with E-state index in [4.69, 9.17) is 14.6 Å². The van der Waals surface area contributed by atoms with E-state index in [0.29, 0.717) is 30.9 Å². The quantitative estimate of drug-likeness (QED) is 0.849. The van der Waals surface area contributed by atoms with Crippen molar-refractivity contribution in [2.45, 2.75) is 12.5 Å². The lowest BCUT2D eigenvalue weighted by atomic mass is 10.2. The van der Waals surface area contributed by atoms with Crippen molar-refractivity contribution < 1.29 is 24.2 Å². The van der Waals surface area contributed by atoms with Crippen molar-refractivity contribution in [2.75, 3.05) is 13.2 Å². The second-order valence-corrected chi connectivity index (χ2v) is 4.63. The van der Waals surface area contributed by atoms with Gasteiger partial charge in [-0.2, -0.15) is 5.10 Å². The van der Waals surface area contributed by atoms with Crippen molar-refractivity contribution in [3.05, 3.63) is 30.1 Å². The molecule has 1 aliphatic heterocycles. The Morgan fingerprint density at radius 1 is 1.57 bits per heavy atom. The number of pyridine rings is 1. The van der Waals surface area contributed by atoms with E-state index >= 15 is 0 Å². The average molecular weight is 291 g/mol.